The molecule has 1 atom stereocenters. The smallest absolute Gasteiger partial charge is 0.224 e. The second kappa shape index (κ2) is 8.55. The highest BCUT2D eigenvalue weighted by atomic mass is 16.2. The molecule has 0 unspecified atom stereocenters. The van der Waals surface area contributed by atoms with E-state index in [0.29, 0.717) is 12.0 Å². The van der Waals surface area contributed by atoms with Crippen molar-refractivity contribution in [3.8, 4) is 0 Å². The molecule has 2 aliphatic rings. The van der Waals surface area contributed by atoms with Crippen LogP contribution in [-0.2, 0) is 4.79 Å². The van der Waals surface area contributed by atoms with Gasteiger partial charge in [-0.3, -0.25) is 19.2 Å². The third-order valence-corrected chi connectivity index (χ3v) is 6.28. The Kier molecular flexibility index (Phi) is 6.35. The molecular weight excluding hydrogens is 340 g/mol. The first-order chi connectivity index (χ1) is 12.9. The quantitative estimate of drug-likeness (QED) is 0.718. The van der Waals surface area contributed by atoms with Crippen molar-refractivity contribution in [3.63, 3.8) is 0 Å². The van der Waals surface area contributed by atoms with Crippen molar-refractivity contribution in [2.24, 2.45) is 5.92 Å². The molecule has 1 amide bonds. The monoisotopic (exact) mass is 374 g/mol. The lowest BCUT2D eigenvalue weighted by atomic mass is 10.1. The van der Waals surface area contributed by atoms with Crippen molar-refractivity contribution in [1.29, 1.82) is 0 Å². The third-order valence-electron chi connectivity index (χ3n) is 6.28. The summed E-state index contributed by atoms with van der Waals surface area (Å²) in [4.78, 5) is 29.1. The SMILES string of the molecule is CC(=O)c1c(C)nn([C@@H](C)CC(=O)N2CCN(CC3CCCC3)CC2)c1C. The molecule has 0 N–H and O–H groups in total. The van der Waals surface area contributed by atoms with E-state index in [1.165, 1.54) is 32.2 Å². The van der Waals surface area contributed by atoms with Crippen molar-refractivity contribution >= 4 is 11.7 Å². The summed E-state index contributed by atoms with van der Waals surface area (Å²) in [7, 11) is 0. The van der Waals surface area contributed by atoms with Gasteiger partial charge in [0.25, 0.3) is 0 Å². The Bertz CT molecular complexity index is 683. The van der Waals surface area contributed by atoms with Crippen LogP contribution >= 0.6 is 0 Å². The van der Waals surface area contributed by atoms with Crippen molar-refractivity contribution in [2.75, 3.05) is 32.7 Å². The zero-order valence-electron chi connectivity index (χ0n) is 17.3. The maximum Gasteiger partial charge on any atom is 0.224 e. The van der Waals surface area contributed by atoms with E-state index in [0.717, 1.165) is 43.5 Å². The van der Waals surface area contributed by atoms with Crippen LogP contribution in [0.25, 0.3) is 0 Å². The van der Waals surface area contributed by atoms with Gasteiger partial charge in [-0.2, -0.15) is 5.10 Å². The van der Waals surface area contributed by atoms with Crippen LogP contribution in [0.3, 0.4) is 0 Å². The molecule has 0 aromatic carbocycles. The van der Waals surface area contributed by atoms with Crippen LogP contribution in [0.1, 0.15) is 73.7 Å². The van der Waals surface area contributed by atoms with Crippen molar-refractivity contribution in [1.82, 2.24) is 19.6 Å². The Hall–Kier alpha value is -1.69. The lowest BCUT2D eigenvalue weighted by Gasteiger charge is -2.36. The maximum atomic E-state index is 12.8. The van der Waals surface area contributed by atoms with Crippen LogP contribution in [0.15, 0.2) is 0 Å². The molecule has 0 radical (unpaired) electrons. The molecule has 1 aliphatic carbocycles. The van der Waals surface area contributed by atoms with Gasteiger partial charge in [-0.05, 0) is 46.5 Å². The predicted molar refractivity (Wildman–Crippen MR) is 106 cm³/mol. The first-order valence-corrected chi connectivity index (χ1v) is 10.4. The number of ketones is 1. The summed E-state index contributed by atoms with van der Waals surface area (Å²) in [5.74, 6) is 1.10. The lowest BCUT2D eigenvalue weighted by Crippen LogP contribution is -2.49. The van der Waals surface area contributed by atoms with Crippen LogP contribution in [0.4, 0.5) is 0 Å². The average molecular weight is 375 g/mol. The highest BCUT2D eigenvalue weighted by Crippen LogP contribution is 2.26. The van der Waals surface area contributed by atoms with Gasteiger partial charge >= 0.3 is 0 Å². The molecule has 150 valence electrons. The standard InChI is InChI=1S/C21H34N4O2/c1-15(25-17(3)21(18(4)26)16(2)22-25)13-20(27)24-11-9-23(10-12-24)14-19-7-5-6-8-19/h15,19H,5-14H2,1-4H3/t15-/m0/s1. The molecule has 6 heteroatoms. The minimum absolute atomic E-state index is 0.0353. The van der Waals surface area contributed by atoms with E-state index in [4.69, 9.17) is 0 Å². The number of aromatic nitrogens is 2. The maximum absolute atomic E-state index is 12.8. The number of hydrogen-bond acceptors (Lipinski definition) is 4. The number of rotatable bonds is 6. The van der Waals surface area contributed by atoms with E-state index < -0.39 is 0 Å². The fourth-order valence-corrected chi connectivity index (χ4v) is 4.81. The summed E-state index contributed by atoms with van der Waals surface area (Å²) in [6.07, 6.45) is 5.96. The van der Waals surface area contributed by atoms with E-state index in [1.54, 1.807) is 6.92 Å². The molecular formula is C21H34N4O2. The molecule has 1 aromatic heterocycles. The first-order valence-electron chi connectivity index (χ1n) is 10.4. The van der Waals surface area contributed by atoms with E-state index in [-0.39, 0.29) is 17.7 Å². The summed E-state index contributed by atoms with van der Waals surface area (Å²) < 4.78 is 1.85. The van der Waals surface area contributed by atoms with Gasteiger partial charge in [0.15, 0.2) is 5.78 Å². The number of Topliss-reactive ketones (excluding diaryl/α,β-unsaturated/α-hetero) is 1. The largest absolute Gasteiger partial charge is 0.340 e. The summed E-state index contributed by atoms with van der Waals surface area (Å²) in [5, 5.41) is 4.52. The Balaban J connectivity index is 1.52. The number of piperazine rings is 1. The molecule has 1 saturated carbocycles. The highest BCUT2D eigenvalue weighted by Gasteiger charge is 2.26. The van der Waals surface area contributed by atoms with Gasteiger partial charge in [0.2, 0.25) is 5.91 Å². The van der Waals surface area contributed by atoms with Crippen LogP contribution in [0, 0.1) is 19.8 Å². The minimum Gasteiger partial charge on any atom is -0.340 e. The molecule has 3 rings (SSSR count). The van der Waals surface area contributed by atoms with Gasteiger partial charge in [-0.1, -0.05) is 12.8 Å². The fraction of sp³-hybridized carbons (Fsp3) is 0.762. The Morgan fingerprint density at radius 3 is 2.30 bits per heavy atom. The fourth-order valence-electron chi connectivity index (χ4n) is 4.81. The topological polar surface area (TPSA) is 58.4 Å². The van der Waals surface area contributed by atoms with Crippen molar-refractivity contribution in [3.05, 3.63) is 17.0 Å². The van der Waals surface area contributed by atoms with Crippen LogP contribution in [0.5, 0.6) is 0 Å². The van der Waals surface area contributed by atoms with Gasteiger partial charge in [0, 0.05) is 44.8 Å². The van der Waals surface area contributed by atoms with E-state index in [2.05, 4.69) is 10.00 Å². The minimum atomic E-state index is -0.0409. The molecule has 0 bridgehead atoms. The average Bonchev–Trinajstić information content (AvgIpc) is 3.22. The van der Waals surface area contributed by atoms with Crippen molar-refractivity contribution in [2.45, 2.75) is 65.8 Å². The zero-order valence-corrected chi connectivity index (χ0v) is 17.3. The summed E-state index contributed by atoms with van der Waals surface area (Å²) in [6.45, 7) is 12.2. The van der Waals surface area contributed by atoms with Gasteiger partial charge in [0.1, 0.15) is 0 Å². The number of hydrogen-bond donors (Lipinski definition) is 0. The van der Waals surface area contributed by atoms with Gasteiger partial charge in [0.05, 0.1) is 17.3 Å². The summed E-state index contributed by atoms with van der Waals surface area (Å²) in [6, 6.07) is -0.0409. The van der Waals surface area contributed by atoms with Crippen LogP contribution in [0.2, 0.25) is 0 Å². The third kappa shape index (κ3) is 4.60. The summed E-state index contributed by atoms with van der Waals surface area (Å²) in [5.41, 5.74) is 2.30. The predicted octanol–water partition coefficient (Wildman–Crippen LogP) is 2.99. The molecule has 0 spiro atoms. The normalized spacial score (nSPS) is 20.2. The van der Waals surface area contributed by atoms with Gasteiger partial charge < -0.3 is 4.90 Å². The number of amides is 1. The molecule has 2 fully saturated rings. The molecule has 1 saturated heterocycles. The zero-order chi connectivity index (χ0) is 19.6. The number of aryl methyl sites for hydroxylation is 1. The Morgan fingerprint density at radius 2 is 1.74 bits per heavy atom. The Labute approximate surface area is 162 Å². The van der Waals surface area contributed by atoms with Crippen LogP contribution in [-0.4, -0.2) is 64.0 Å². The molecule has 6 nitrogen and oxygen atoms in total. The highest BCUT2D eigenvalue weighted by molar-refractivity contribution is 5.96. The van der Waals surface area contributed by atoms with Crippen LogP contribution < -0.4 is 0 Å². The number of nitrogens with zero attached hydrogens (tertiary/aromatic N) is 4. The number of carbonyl (C=O) groups excluding carboxylic acids is 2. The Morgan fingerprint density at radius 1 is 1.11 bits per heavy atom. The second-order valence-corrected chi connectivity index (χ2v) is 8.43. The lowest BCUT2D eigenvalue weighted by molar-refractivity contribution is -0.133. The molecule has 27 heavy (non-hydrogen) atoms. The molecule has 1 aromatic rings. The van der Waals surface area contributed by atoms with Gasteiger partial charge in [-0.25, -0.2) is 0 Å². The molecule has 1 aliphatic heterocycles. The van der Waals surface area contributed by atoms with E-state index >= 15 is 0 Å². The summed E-state index contributed by atoms with van der Waals surface area (Å²) >= 11 is 0. The van der Waals surface area contributed by atoms with Gasteiger partial charge in [-0.15, -0.1) is 0 Å². The van der Waals surface area contributed by atoms with Crippen molar-refractivity contribution < 1.29 is 9.59 Å². The van der Waals surface area contributed by atoms with E-state index in [9.17, 15) is 9.59 Å². The molecule has 2 heterocycles. The first kappa shape index (κ1) is 20.1. The number of carbonyl (C=O) groups is 2. The van der Waals surface area contributed by atoms with E-state index in [1.807, 2.05) is 30.4 Å². The second-order valence-electron chi connectivity index (χ2n) is 8.43.